The molecule has 0 atom stereocenters. The highest BCUT2D eigenvalue weighted by molar-refractivity contribution is 6.39. The van der Waals surface area contributed by atoms with Gasteiger partial charge in [-0.25, -0.2) is 0 Å². The summed E-state index contributed by atoms with van der Waals surface area (Å²) in [5.41, 5.74) is 0.110. The highest BCUT2D eigenvalue weighted by Crippen LogP contribution is 2.33. The normalized spacial score (nSPS) is 9.64. The number of rotatable bonds is 2. The number of carbonyl (C=O) groups is 1. The van der Waals surface area contributed by atoms with Crippen LogP contribution >= 0.6 is 23.2 Å². The maximum absolute atomic E-state index is 11.0. The average molecular weight is 233 g/mol. The first kappa shape index (κ1) is 10.9. The van der Waals surface area contributed by atoms with Crippen LogP contribution in [0.2, 0.25) is 10.0 Å². The molecule has 6 heteroatoms. The zero-order chi connectivity index (χ0) is 10.7. The summed E-state index contributed by atoms with van der Waals surface area (Å²) in [5, 5.41) is 3.56. The second-order valence-corrected chi connectivity index (χ2v) is 3.30. The lowest BCUT2D eigenvalue weighted by Gasteiger charge is -2.13. The molecule has 0 aliphatic rings. The van der Waals surface area contributed by atoms with Crippen molar-refractivity contribution in [3.8, 4) is 0 Å². The predicted octanol–water partition coefficient (Wildman–Crippen LogP) is 3.03. The van der Waals surface area contributed by atoms with E-state index >= 15 is 0 Å². The van der Waals surface area contributed by atoms with E-state index in [0.717, 1.165) is 0 Å². The van der Waals surface area contributed by atoms with Gasteiger partial charge in [-0.1, -0.05) is 29.3 Å². The van der Waals surface area contributed by atoms with Crippen LogP contribution in [0.5, 0.6) is 0 Å². The van der Waals surface area contributed by atoms with Gasteiger partial charge in [0.15, 0.2) is 0 Å². The molecular formula is C8H6Cl2N2O2. The first-order valence-electron chi connectivity index (χ1n) is 3.66. The number of anilines is 1. The molecule has 0 aliphatic carbocycles. The van der Waals surface area contributed by atoms with Crippen LogP contribution in [-0.4, -0.2) is 5.91 Å². The Morgan fingerprint density at radius 1 is 1.36 bits per heavy atom. The number of halogens is 2. The molecule has 0 fully saturated rings. The summed E-state index contributed by atoms with van der Waals surface area (Å²) in [6, 6.07) is 4.64. The molecule has 0 radical (unpaired) electrons. The van der Waals surface area contributed by atoms with Crippen molar-refractivity contribution in [1.82, 2.24) is 0 Å². The van der Waals surface area contributed by atoms with Crippen LogP contribution in [0.1, 0.15) is 6.92 Å². The van der Waals surface area contributed by atoms with Crippen molar-refractivity contribution in [1.29, 1.82) is 0 Å². The van der Waals surface area contributed by atoms with Crippen molar-refractivity contribution in [2.75, 3.05) is 5.01 Å². The summed E-state index contributed by atoms with van der Waals surface area (Å²) < 4.78 is 0. The lowest BCUT2D eigenvalue weighted by molar-refractivity contribution is -0.116. The van der Waals surface area contributed by atoms with E-state index < -0.39 is 5.91 Å². The number of hydrogen-bond acceptors (Lipinski definition) is 3. The minimum absolute atomic E-state index is 0.110. The van der Waals surface area contributed by atoms with E-state index in [1.54, 1.807) is 6.07 Å². The SMILES string of the molecule is CC(=O)N(N=O)c1c(Cl)cccc1Cl. The van der Waals surface area contributed by atoms with Gasteiger partial charge in [0.05, 0.1) is 15.3 Å². The Hall–Kier alpha value is -1.13. The van der Waals surface area contributed by atoms with Crippen molar-refractivity contribution in [3.05, 3.63) is 33.2 Å². The first-order valence-corrected chi connectivity index (χ1v) is 4.41. The fraction of sp³-hybridized carbons (Fsp3) is 0.125. The molecular weight excluding hydrogens is 227 g/mol. The molecule has 0 unspecified atom stereocenters. The minimum atomic E-state index is -0.546. The molecule has 4 nitrogen and oxygen atoms in total. The van der Waals surface area contributed by atoms with Crippen LogP contribution in [-0.2, 0) is 4.79 Å². The van der Waals surface area contributed by atoms with Gasteiger partial charge in [0.1, 0.15) is 5.69 Å². The molecule has 0 bridgehead atoms. The molecule has 0 N–H and O–H groups in total. The summed E-state index contributed by atoms with van der Waals surface area (Å²) in [6.45, 7) is 1.20. The van der Waals surface area contributed by atoms with Crippen molar-refractivity contribution in [2.45, 2.75) is 6.92 Å². The lowest BCUT2D eigenvalue weighted by atomic mass is 10.3. The summed E-state index contributed by atoms with van der Waals surface area (Å²) in [4.78, 5) is 21.4. The zero-order valence-electron chi connectivity index (χ0n) is 7.20. The highest BCUT2D eigenvalue weighted by atomic mass is 35.5. The average Bonchev–Trinajstić information content (AvgIpc) is 2.10. The first-order chi connectivity index (χ1) is 6.57. The van der Waals surface area contributed by atoms with Crippen LogP contribution in [0.4, 0.5) is 5.69 Å². The van der Waals surface area contributed by atoms with Crippen molar-refractivity contribution < 1.29 is 4.79 Å². The van der Waals surface area contributed by atoms with Crippen LogP contribution in [0.3, 0.4) is 0 Å². The van der Waals surface area contributed by atoms with E-state index in [2.05, 4.69) is 5.29 Å². The molecule has 0 heterocycles. The Kier molecular flexibility index (Phi) is 3.43. The Morgan fingerprint density at radius 2 is 1.86 bits per heavy atom. The summed E-state index contributed by atoms with van der Waals surface area (Å²) in [6.07, 6.45) is 0. The number of para-hydroxylation sites is 1. The maximum atomic E-state index is 11.0. The third kappa shape index (κ3) is 2.02. The van der Waals surface area contributed by atoms with Gasteiger partial charge < -0.3 is 0 Å². The third-order valence-corrected chi connectivity index (χ3v) is 2.14. The fourth-order valence-electron chi connectivity index (χ4n) is 0.947. The number of hydrogen-bond donors (Lipinski definition) is 0. The maximum Gasteiger partial charge on any atom is 0.246 e. The monoisotopic (exact) mass is 232 g/mol. The summed E-state index contributed by atoms with van der Waals surface area (Å²) >= 11 is 11.5. The van der Waals surface area contributed by atoms with Gasteiger partial charge in [0.25, 0.3) is 0 Å². The zero-order valence-corrected chi connectivity index (χ0v) is 8.71. The molecule has 1 rings (SSSR count). The lowest BCUT2D eigenvalue weighted by Crippen LogP contribution is -2.21. The standard InChI is InChI=1S/C8H6Cl2N2O2/c1-5(13)12(11-14)8-6(9)3-2-4-7(8)10/h2-4H,1H3. The summed E-state index contributed by atoms with van der Waals surface area (Å²) in [5.74, 6) is -0.546. The van der Waals surface area contributed by atoms with E-state index in [0.29, 0.717) is 5.01 Å². The minimum Gasteiger partial charge on any atom is -0.273 e. The second kappa shape index (κ2) is 4.39. The van der Waals surface area contributed by atoms with Crippen LogP contribution in [0.25, 0.3) is 0 Å². The Balaban J connectivity index is 3.28. The highest BCUT2D eigenvalue weighted by Gasteiger charge is 2.18. The molecule has 0 aromatic heterocycles. The van der Waals surface area contributed by atoms with E-state index in [1.807, 2.05) is 0 Å². The Bertz CT molecular complexity index is 361. The predicted molar refractivity (Wildman–Crippen MR) is 55.4 cm³/mol. The molecule has 0 spiro atoms. The van der Waals surface area contributed by atoms with Crippen molar-refractivity contribution >= 4 is 34.8 Å². The van der Waals surface area contributed by atoms with Gasteiger partial charge in [-0.2, -0.15) is 5.01 Å². The van der Waals surface area contributed by atoms with Gasteiger partial charge in [-0.3, -0.25) is 4.79 Å². The van der Waals surface area contributed by atoms with E-state index in [4.69, 9.17) is 23.2 Å². The van der Waals surface area contributed by atoms with Gasteiger partial charge in [-0.15, -0.1) is 4.91 Å². The fourth-order valence-corrected chi connectivity index (χ4v) is 1.50. The quantitative estimate of drug-likeness (QED) is 0.582. The van der Waals surface area contributed by atoms with Crippen molar-refractivity contribution in [2.24, 2.45) is 5.29 Å². The van der Waals surface area contributed by atoms with Crippen molar-refractivity contribution in [3.63, 3.8) is 0 Å². The number of nitroso groups, excluding NO2 is 1. The second-order valence-electron chi connectivity index (χ2n) is 2.48. The number of benzene rings is 1. The molecule has 0 aliphatic heterocycles. The topological polar surface area (TPSA) is 49.7 Å². The molecule has 0 saturated carbocycles. The third-order valence-electron chi connectivity index (χ3n) is 1.53. The number of nitrogens with zero attached hydrogens (tertiary/aromatic N) is 2. The van der Waals surface area contributed by atoms with Crippen LogP contribution in [0.15, 0.2) is 23.5 Å². The van der Waals surface area contributed by atoms with E-state index in [-0.39, 0.29) is 15.7 Å². The molecule has 74 valence electrons. The number of amides is 1. The summed E-state index contributed by atoms with van der Waals surface area (Å²) in [7, 11) is 0. The van der Waals surface area contributed by atoms with E-state index in [9.17, 15) is 9.70 Å². The van der Waals surface area contributed by atoms with Gasteiger partial charge in [0, 0.05) is 6.92 Å². The smallest absolute Gasteiger partial charge is 0.246 e. The van der Waals surface area contributed by atoms with Crippen LogP contribution < -0.4 is 5.01 Å². The Labute approximate surface area is 90.4 Å². The molecule has 0 saturated heterocycles. The largest absolute Gasteiger partial charge is 0.273 e. The number of carbonyl (C=O) groups excluding carboxylic acids is 1. The molecule has 1 aromatic carbocycles. The van der Waals surface area contributed by atoms with Gasteiger partial charge in [0.2, 0.25) is 5.91 Å². The van der Waals surface area contributed by atoms with E-state index in [1.165, 1.54) is 19.1 Å². The molecule has 14 heavy (non-hydrogen) atoms. The molecule has 1 aromatic rings. The molecule has 1 amide bonds. The Morgan fingerprint density at radius 3 is 2.21 bits per heavy atom. The van der Waals surface area contributed by atoms with Crippen LogP contribution in [0, 0.1) is 4.91 Å². The van der Waals surface area contributed by atoms with Gasteiger partial charge >= 0.3 is 0 Å². The van der Waals surface area contributed by atoms with Gasteiger partial charge in [-0.05, 0) is 12.1 Å².